The Morgan fingerprint density at radius 1 is 1.00 bits per heavy atom. The lowest BCUT2D eigenvalue weighted by Gasteiger charge is -2.17. The number of ether oxygens (including phenoxy) is 1. The maximum atomic E-state index is 10.4. The van der Waals surface area contributed by atoms with E-state index in [1.165, 1.54) is 17.7 Å². The van der Waals surface area contributed by atoms with Gasteiger partial charge in [0.15, 0.2) is 0 Å². The molecule has 0 bridgehead atoms. The third-order valence-corrected chi connectivity index (χ3v) is 6.14. The van der Waals surface area contributed by atoms with Crippen molar-refractivity contribution in [2.75, 3.05) is 13.7 Å². The van der Waals surface area contributed by atoms with Gasteiger partial charge in [0.05, 0.1) is 18.6 Å². The van der Waals surface area contributed by atoms with E-state index in [9.17, 15) is 18.1 Å². The third-order valence-electron chi connectivity index (χ3n) is 5.29. The lowest BCUT2D eigenvalue weighted by Crippen LogP contribution is -2.90. The molecule has 0 radical (unpaired) electrons. The van der Waals surface area contributed by atoms with Gasteiger partial charge < -0.3 is 19.7 Å². The average Bonchev–Trinajstić information content (AvgIpc) is 2.82. The summed E-state index contributed by atoms with van der Waals surface area (Å²) in [5, 5.41) is 12.5. The molecule has 3 aromatic rings. The second kappa shape index (κ2) is 13.1. The van der Waals surface area contributed by atoms with Crippen LogP contribution in [0, 0.1) is 6.92 Å². The van der Waals surface area contributed by atoms with Gasteiger partial charge in [0.25, 0.3) is 0 Å². The number of hydrogen-bond donors (Lipinski definition) is 2. The zero-order chi connectivity index (χ0) is 24.3. The fourth-order valence-corrected chi connectivity index (χ4v) is 3.77. The van der Waals surface area contributed by atoms with Crippen LogP contribution in [0.4, 0.5) is 0 Å². The smallest absolute Gasteiger partial charge is 0.130 e. The van der Waals surface area contributed by atoms with Crippen LogP contribution in [0.25, 0.3) is 0 Å². The van der Waals surface area contributed by atoms with Crippen molar-refractivity contribution < 1.29 is 28.1 Å². The van der Waals surface area contributed by atoms with Crippen LogP contribution in [0.1, 0.15) is 36.1 Å². The number of aryl methyl sites for hydroxylation is 2. The van der Waals surface area contributed by atoms with Crippen LogP contribution < -0.4 is 10.1 Å². The maximum Gasteiger partial charge on any atom is 0.130 e. The molecule has 0 aliphatic carbocycles. The van der Waals surface area contributed by atoms with Crippen molar-refractivity contribution in [2.24, 2.45) is 0 Å². The van der Waals surface area contributed by atoms with E-state index in [-0.39, 0.29) is 10.9 Å². The van der Waals surface area contributed by atoms with Crippen molar-refractivity contribution in [1.82, 2.24) is 0 Å². The lowest BCUT2D eigenvalue weighted by atomic mass is 10.0. The van der Waals surface area contributed by atoms with Gasteiger partial charge in [-0.05, 0) is 55.7 Å². The summed E-state index contributed by atoms with van der Waals surface area (Å²) in [4.78, 5) is -0.178. The molecule has 6 nitrogen and oxygen atoms in total. The normalized spacial score (nSPS) is 12.9. The maximum absolute atomic E-state index is 10.4. The first-order chi connectivity index (χ1) is 15.7. The Morgan fingerprint density at radius 3 is 2.27 bits per heavy atom. The molecule has 0 aliphatic rings. The van der Waals surface area contributed by atoms with Crippen LogP contribution >= 0.6 is 0 Å². The average molecular weight is 472 g/mol. The van der Waals surface area contributed by atoms with Gasteiger partial charge in [0.2, 0.25) is 0 Å². The Hall–Kier alpha value is -2.71. The van der Waals surface area contributed by atoms with E-state index in [0.29, 0.717) is 0 Å². The van der Waals surface area contributed by atoms with E-state index in [1.54, 1.807) is 19.2 Å². The second-order valence-electron chi connectivity index (χ2n) is 7.96. The summed E-state index contributed by atoms with van der Waals surface area (Å²) in [7, 11) is -2.58. The first-order valence-electron chi connectivity index (χ1n) is 10.9. The standard InChI is InChI=1S/C19H25NO2.C7H8O3S/c1-15(19(21)17-10-4-3-5-11-17)20-13-7-9-16-8-6-12-18(14-16)22-2;1-6-2-4-7(5-3-6)11(8,9)10/h3-6,8,10-12,14-15,19-21H,7,9,13H2,1-2H3;2-5H,1H3,(H,8,9,10). The molecule has 3 aromatic carbocycles. The van der Waals surface area contributed by atoms with Crippen molar-refractivity contribution in [2.45, 2.75) is 43.7 Å². The molecular formula is C26H33NO5S. The minimum absolute atomic E-state index is 0.160. The van der Waals surface area contributed by atoms with E-state index in [2.05, 4.69) is 24.4 Å². The fraction of sp³-hybridized carbons (Fsp3) is 0.308. The zero-order valence-electron chi connectivity index (χ0n) is 19.3. The van der Waals surface area contributed by atoms with E-state index in [4.69, 9.17) is 4.74 Å². The molecule has 0 saturated carbocycles. The summed E-state index contributed by atoms with van der Waals surface area (Å²) in [5.74, 6) is 0.911. The minimum atomic E-state index is -4.27. The van der Waals surface area contributed by atoms with E-state index >= 15 is 0 Å². The molecule has 0 aromatic heterocycles. The highest BCUT2D eigenvalue weighted by Crippen LogP contribution is 2.15. The Balaban J connectivity index is 0.000000294. The van der Waals surface area contributed by atoms with E-state index in [0.717, 1.165) is 36.3 Å². The highest BCUT2D eigenvalue weighted by atomic mass is 32.2. The van der Waals surface area contributed by atoms with Gasteiger partial charge in [-0.25, -0.2) is 8.42 Å². The van der Waals surface area contributed by atoms with Crippen molar-refractivity contribution >= 4 is 10.1 Å². The molecule has 2 unspecified atom stereocenters. The topological polar surface area (TPSA) is 103 Å². The zero-order valence-corrected chi connectivity index (χ0v) is 20.2. The van der Waals surface area contributed by atoms with Gasteiger partial charge in [0.1, 0.15) is 28.0 Å². The SMILES string of the molecule is COc1cccc(CCC[NH2+]C(C)C(O)c2ccccc2)c1.Cc1ccc(S(=O)(=O)[O-])cc1. The summed E-state index contributed by atoms with van der Waals surface area (Å²) in [6, 6.07) is 24.0. The van der Waals surface area contributed by atoms with Crippen LogP contribution in [0.5, 0.6) is 5.75 Å². The largest absolute Gasteiger partial charge is 0.744 e. The summed E-state index contributed by atoms with van der Waals surface area (Å²) in [5.41, 5.74) is 3.21. The lowest BCUT2D eigenvalue weighted by molar-refractivity contribution is -0.694. The van der Waals surface area contributed by atoms with Crippen molar-refractivity contribution in [3.05, 3.63) is 95.6 Å². The van der Waals surface area contributed by atoms with Gasteiger partial charge in [-0.1, -0.05) is 60.2 Å². The minimum Gasteiger partial charge on any atom is -0.744 e. The number of rotatable bonds is 9. The molecule has 3 N–H and O–H groups in total. The number of quaternary nitrogens is 1. The second-order valence-corrected chi connectivity index (χ2v) is 9.34. The molecule has 0 fully saturated rings. The van der Waals surface area contributed by atoms with Crippen LogP contribution in [0.15, 0.2) is 83.8 Å². The van der Waals surface area contributed by atoms with Crippen molar-refractivity contribution in [3.8, 4) is 5.75 Å². The quantitative estimate of drug-likeness (QED) is 0.368. The highest BCUT2D eigenvalue weighted by molar-refractivity contribution is 7.85. The molecule has 0 aliphatic heterocycles. The van der Waals surface area contributed by atoms with Crippen molar-refractivity contribution in [3.63, 3.8) is 0 Å². The number of benzene rings is 3. The molecule has 0 spiro atoms. The highest BCUT2D eigenvalue weighted by Gasteiger charge is 2.18. The first-order valence-corrected chi connectivity index (χ1v) is 12.3. The molecule has 33 heavy (non-hydrogen) atoms. The van der Waals surface area contributed by atoms with Gasteiger partial charge in [-0.2, -0.15) is 0 Å². The monoisotopic (exact) mass is 471 g/mol. The van der Waals surface area contributed by atoms with Crippen LogP contribution in [0.3, 0.4) is 0 Å². The summed E-state index contributed by atoms with van der Waals surface area (Å²) in [6.45, 7) is 4.90. The van der Waals surface area contributed by atoms with Gasteiger partial charge in [-0.15, -0.1) is 0 Å². The molecular weight excluding hydrogens is 438 g/mol. The molecule has 0 saturated heterocycles. The molecule has 0 amide bonds. The van der Waals surface area contributed by atoms with Crippen molar-refractivity contribution in [1.29, 1.82) is 0 Å². The Kier molecular flexibility index (Phi) is 10.5. The third kappa shape index (κ3) is 9.35. The molecule has 2 atom stereocenters. The number of aliphatic hydroxyl groups is 1. The predicted octanol–water partition coefficient (Wildman–Crippen LogP) is 3.21. The van der Waals surface area contributed by atoms with Gasteiger partial charge in [-0.3, -0.25) is 0 Å². The Morgan fingerprint density at radius 2 is 1.67 bits per heavy atom. The van der Waals surface area contributed by atoms with Crippen LogP contribution in [-0.2, 0) is 16.5 Å². The van der Waals surface area contributed by atoms with Crippen LogP contribution in [0.2, 0.25) is 0 Å². The summed E-state index contributed by atoms with van der Waals surface area (Å²) in [6.07, 6.45) is 1.69. The predicted molar refractivity (Wildman–Crippen MR) is 128 cm³/mol. The fourth-order valence-electron chi connectivity index (χ4n) is 3.30. The van der Waals surface area contributed by atoms with Gasteiger partial charge >= 0.3 is 0 Å². The number of hydrogen-bond acceptors (Lipinski definition) is 5. The molecule has 3 rings (SSSR count). The summed E-state index contributed by atoms with van der Waals surface area (Å²) >= 11 is 0. The van der Waals surface area contributed by atoms with Crippen LogP contribution in [-0.4, -0.2) is 37.8 Å². The van der Waals surface area contributed by atoms with Gasteiger partial charge in [0, 0.05) is 6.42 Å². The Bertz CT molecular complexity index is 1070. The van der Waals surface area contributed by atoms with E-state index < -0.39 is 16.2 Å². The molecule has 7 heteroatoms. The Labute approximate surface area is 197 Å². The number of methoxy groups -OCH3 is 1. The number of aliphatic hydroxyl groups excluding tert-OH is 1. The van der Waals surface area contributed by atoms with E-state index in [1.807, 2.05) is 49.4 Å². The first kappa shape index (κ1) is 26.5. The molecule has 0 heterocycles. The molecule has 178 valence electrons. The number of nitrogens with two attached hydrogens (primary N) is 1. The summed E-state index contributed by atoms with van der Waals surface area (Å²) < 4.78 is 36.4.